The van der Waals surface area contributed by atoms with Crippen molar-refractivity contribution in [2.75, 3.05) is 19.6 Å². The maximum absolute atomic E-state index is 12.2. The van der Waals surface area contributed by atoms with Crippen LogP contribution in [-0.2, 0) is 4.79 Å². The molecule has 1 N–H and O–H groups in total. The molecular weight excluding hydrogens is 245 g/mol. The van der Waals surface area contributed by atoms with Crippen molar-refractivity contribution in [3.63, 3.8) is 0 Å². The fraction of sp³-hybridized carbons (Fsp3) is 0.750. The lowest BCUT2D eigenvalue weighted by atomic mass is 9.85. The summed E-state index contributed by atoms with van der Waals surface area (Å²) in [5.41, 5.74) is -0.703. The molecule has 102 valence electrons. The van der Waals surface area contributed by atoms with Crippen LogP contribution < -0.4 is 5.32 Å². The Kier molecular flexibility index (Phi) is 2.80. The highest BCUT2D eigenvalue weighted by Crippen LogP contribution is 2.38. The number of carbonyl (C=O) groups excluding carboxylic acids is 3. The highest BCUT2D eigenvalue weighted by atomic mass is 16.2. The van der Waals surface area contributed by atoms with Gasteiger partial charge in [0.1, 0.15) is 5.54 Å². The Morgan fingerprint density at radius 1 is 1.32 bits per heavy atom. The molecule has 6 nitrogen and oxygen atoms in total. The van der Waals surface area contributed by atoms with Gasteiger partial charge in [0.2, 0.25) is 7.85 Å². The van der Waals surface area contributed by atoms with E-state index in [4.69, 9.17) is 0 Å². The molecule has 4 amide bonds. The van der Waals surface area contributed by atoms with Crippen LogP contribution in [-0.4, -0.2) is 60.6 Å². The first-order valence-corrected chi connectivity index (χ1v) is 6.91. The van der Waals surface area contributed by atoms with Crippen molar-refractivity contribution in [3.05, 3.63) is 0 Å². The summed E-state index contributed by atoms with van der Waals surface area (Å²) in [6.07, 6.45) is 3.40. The number of carbonyl (C=O) groups is 3. The van der Waals surface area contributed by atoms with Gasteiger partial charge < -0.3 is 9.80 Å². The van der Waals surface area contributed by atoms with E-state index in [1.54, 1.807) is 17.6 Å². The second kappa shape index (κ2) is 4.25. The summed E-state index contributed by atoms with van der Waals surface area (Å²) in [4.78, 5) is 39.0. The van der Waals surface area contributed by atoms with E-state index in [2.05, 4.69) is 5.32 Å². The molecule has 3 aliphatic rings. The molecular formula is C12H18BN3O3. The Labute approximate surface area is 112 Å². The van der Waals surface area contributed by atoms with Crippen molar-refractivity contribution in [2.45, 2.75) is 31.2 Å². The smallest absolute Gasteiger partial charge is 0.325 e. The Hall–Kier alpha value is -1.53. The number of nitrogens with one attached hydrogen (secondary N) is 1. The van der Waals surface area contributed by atoms with Crippen LogP contribution in [0.5, 0.6) is 0 Å². The molecule has 0 bridgehead atoms. The summed E-state index contributed by atoms with van der Waals surface area (Å²) in [6, 6.07) is -0.256. The number of rotatable bonds is 2. The van der Waals surface area contributed by atoms with Crippen LogP contribution in [0.4, 0.5) is 9.59 Å². The first-order valence-electron chi connectivity index (χ1n) is 6.91. The van der Waals surface area contributed by atoms with Gasteiger partial charge in [-0.3, -0.25) is 14.9 Å². The number of hydrogen-bond donors (Lipinski definition) is 1. The number of urea groups is 1. The molecule has 2 aliphatic heterocycles. The molecule has 1 aliphatic carbocycles. The van der Waals surface area contributed by atoms with Gasteiger partial charge in [-0.15, -0.1) is 0 Å². The molecule has 0 aromatic rings. The number of hydrogen-bond acceptors (Lipinski definition) is 3. The number of amides is 4. The summed E-state index contributed by atoms with van der Waals surface area (Å²) in [5, 5.41) is 2.45. The van der Waals surface area contributed by atoms with Crippen LogP contribution in [0.25, 0.3) is 0 Å². The van der Waals surface area contributed by atoms with Gasteiger partial charge in [0.25, 0.3) is 5.91 Å². The van der Waals surface area contributed by atoms with Gasteiger partial charge in [0, 0.05) is 19.6 Å². The fourth-order valence-electron chi connectivity index (χ4n) is 3.10. The third-order valence-corrected chi connectivity index (χ3v) is 4.58. The standard InChI is InChI=1S/C12H18BN3O3/c13-10(18)15-5-3-12(4-6-15)9(17)14-11(19)16(12)7-8-1-2-8/h8H,1-7,13H2,(H,14,17,19). The lowest BCUT2D eigenvalue weighted by Crippen LogP contribution is -2.57. The zero-order chi connectivity index (χ0) is 13.6. The lowest BCUT2D eigenvalue weighted by Gasteiger charge is -2.42. The van der Waals surface area contributed by atoms with E-state index in [-0.39, 0.29) is 17.7 Å². The normalized spacial score (nSPS) is 25.9. The second-order valence-corrected chi connectivity index (χ2v) is 5.85. The van der Waals surface area contributed by atoms with Crippen LogP contribution in [0.15, 0.2) is 0 Å². The number of piperidine rings is 1. The van der Waals surface area contributed by atoms with Crippen molar-refractivity contribution in [1.82, 2.24) is 15.1 Å². The Morgan fingerprint density at radius 2 is 1.95 bits per heavy atom. The van der Waals surface area contributed by atoms with Crippen molar-refractivity contribution >= 4 is 25.6 Å². The van der Waals surface area contributed by atoms with Gasteiger partial charge in [-0.05, 0) is 31.6 Å². The van der Waals surface area contributed by atoms with E-state index in [1.165, 1.54) is 0 Å². The van der Waals surface area contributed by atoms with Crippen LogP contribution in [0.1, 0.15) is 25.7 Å². The Morgan fingerprint density at radius 3 is 2.47 bits per heavy atom. The van der Waals surface area contributed by atoms with Gasteiger partial charge in [0.15, 0.2) is 5.81 Å². The molecule has 0 radical (unpaired) electrons. The molecule has 7 heteroatoms. The van der Waals surface area contributed by atoms with E-state index in [0.717, 1.165) is 12.8 Å². The molecule has 3 fully saturated rings. The average Bonchev–Trinajstić information content (AvgIpc) is 3.16. The number of nitrogens with zero attached hydrogens (tertiary/aromatic N) is 2. The van der Waals surface area contributed by atoms with Crippen LogP contribution >= 0.6 is 0 Å². The molecule has 1 saturated carbocycles. The minimum Gasteiger partial charge on any atom is -0.352 e. The molecule has 2 heterocycles. The summed E-state index contributed by atoms with van der Waals surface area (Å²) < 4.78 is 0. The van der Waals surface area contributed by atoms with Crippen molar-refractivity contribution in [3.8, 4) is 0 Å². The molecule has 0 atom stereocenters. The lowest BCUT2D eigenvalue weighted by molar-refractivity contribution is -0.128. The highest BCUT2D eigenvalue weighted by molar-refractivity contribution is 6.56. The zero-order valence-electron chi connectivity index (χ0n) is 11.1. The third kappa shape index (κ3) is 2.01. The molecule has 0 unspecified atom stereocenters. The quantitative estimate of drug-likeness (QED) is 0.541. The van der Waals surface area contributed by atoms with Crippen molar-refractivity contribution in [2.24, 2.45) is 5.92 Å². The van der Waals surface area contributed by atoms with Gasteiger partial charge in [-0.2, -0.15) is 0 Å². The maximum atomic E-state index is 12.2. The highest BCUT2D eigenvalue weighted by Gasteiger charge is 2.54. The van der Waals surface area contributed by atoms with E-state index in [9.17, 15) is 14.4 Å². The molecule has 2 saturated heterocycles. The predicted molar refractivity (Wildman–Crippen MR) is 70.4 cm³/mol. The van der Waals surface area contributed by atoms with Crippen LogP contribution in [0.3, 0.4) is 0 Å². The second-order valence-electron chi connectivity index (χ2n) is 5.85. The molecule has 0 aromatic heterocycles. The fourth-order valence-corrected chi connectivity index (χ4v) is 3.10. The summed E-state index contributed by atoms with van der Waals surface area (Å²) >= 11 is 0. The van der Waals surface area contributed by atoms with Crippen molar-refractivity contribution < 1.29 is 14.4 Å². The molecule has 19 heavy (non-hydrogen) atoms. The van der Waals surface area contributed by atoms with Gasteiger partial charge >= 0.3 is 6.03 Å². The molecule has 1 spiro atoms. The SMILES string of the molecule is BC(=O)N1CCC2(CC1)C(=O)NC(=O)N2CC1CC1. The van der Waals surface area contributed by atoms with Gasteiger partial charge in [0.05, 0.1) is 0 Å². The van der Waals surface area contributed by atoms with Gasteiger partial charge in [-0.1, -0.05) is 0 Å². The van der Waals surface area contributed by atoms with Crippen LogP contribution in [0, 0.1) is 5.92 Å². The largest absolute Gasteiger partial charge is 0.352 e. The predicted octanol–water partition coefficient (Wildman–Crippen LogP) is -0.464. The molecule has 0 aromatic carbocycles. The summed E-state index contributed by atoms with van der Waals surface area (Å²) in [7, 11) is 1.54. The Balaban J connectivity index is 1.78. The zero-order valence-corrected chi connectivity index (χ0v) is 11.1. The monoisotopic (exact) mass is 263 g/mol. The summed E-state index contributed by atoms with van der Waals surface area (Å²) in [5.74, 6) is 0.411. The first-order chi connectivity index (χ1) is 9.03. The van der Waals surface area contributed by atoms with E-state index in [0.29, 0.717) is 38.4 Å². The first kappa shape index (κ1) is 12.5. The van der Waals surface area contributed by atoms with E-state index < -0.39 is 5.54 Å². The average molecular weight is 263 g/mol. The molecule has 3 rings (SSSR count). The minimum absolute atomic E-state index is 0.0355. The van der Waals surface area contributed by atoms with E-state index in [1.807, 2.05) is 0 Å². The van der Waals surface area contributed by atoms with Crippen LogP contribution in [0.2, 0.25) is 0 Å². The number of imide groups is 1. The topological polar surface area (TPSA) is 69.7 Å². The number of likely N-dealkylation sites (tertiary alicyclic amines) is 1. The maximum Gasteiger partial charge on any atom is 0.325 e. The minimum atomic E-state index is -0.703. The third-order valence-electron chi connectivity index (χ3n) is 4.58. The van der Waals surface area contributed by atoms with Gasteiger partial charge in [-0.25, -0.2) is 4.79 Å². The van der Waals surface area contributed by atoms with E-state index >= 15 is 0 Å². The van der Waals surface area contributed by atoms with Crippen molar-refractivity contribution in [1.29, 1.82) is 0 Å². The Bertz CT molecular complexity index is 442. The summed E-state index contributed by atoms with van der Waals surface area (Å²) in [6.45, 7) is 1.78.